The lowest BCUT2D eigenvalue weighted by Gasteiger charge is -2.54. The Kier molecular flexibility index (Phi) is 8.10. The summed E-state index contributed by atoms with van der Waals surface area (Å²) in [4.78, 5) is 8.43. The van der Waals surface area contributed by atoms with E-state index in [9.17, 15) is 0 Å². The maximum absolute atomic E-state index is 2.95. The fourth-order valence-corrected chi connectivity index (χ4v) is 14.3. The molecule has 0 aromatic heterocycles. The average molecular weight is 826 g/mol. The number of hydrogen-bond acceptors (Lipinski definition) is 3. The molecule has 6 aromatic rings. The summed E-state index contributed by atoms with van der Waals surface area (Å²) in [6.45, 7) is 22.3. The lowest BCUT2D eigenvalue weighted by molar-refractivity contribution is 0.194. The van der Waals surface area contributed by atoms with Gasteiger partial charge in [-0.2, -0.15) is 0 Å². The van der Waals surface area contributed by atoms with Crippen LogP contribution in [0.5, 0.6) is 0 Å². The van der Waals surface area contributed by atoms with Crippen molar-refractivity contribution in [3.8, 4) is 0 Å². The molecular formula is C59H64BN3. The van der Waals surface area contributed by atoms with Crippen LogP contribution in [0.15, 0.2) is 127 Å². The first-order valence-corrected chi connectivity index (χ1v) is 24.2. The predicted molar refractivity (Wildman–Crippen MR) is 269 cm³/mol. The minimum Gasteiger partial charge on any atom is -0.335 e. The van der Waals surface area contributed by atoms with Gasteiger partial charge in [0.05, 0.1) is 11.1 Å². The summed E-state index contributed by atoms with van der Waals surface area (Å²) in [5.74, 6) is 0. The summed E-state index contributed by atoms with van der Waals surface area (Å²) in [6.07, 6.45) is 9.66. The van der Waals surface area contributed by atoms with Gasteiger partial charge in [-0.25, -0.2) is 0 Å². The van der Waals surface area contributed by atoms with E-state index < -0.39 is 0 Å². The van der Waals surface area contributed by atoms with Crippen molar-refractivity contribution in [2.45, 2.75) is 146 Å². The number of rotatable bonds is 3. The third kappa shape index (κ3) is 4.99. The Balaban J connectivity index is 1.22. The van der Waals surface area contributed by atoms with E-state index in [4.69, 9.17) is 0 Å². The highest BCUT2D eigenvalue weighted by Gasteiger charge is 2.65. The third-order valence-corrected chi connectivity index (χ3v) is 17.8. The van der Waals surface area contributed by atoms with E-state index in [1.165, 1.54) is 117 Å². The molecule has 6 aliphatic rings. The molecule has 0 spiro atoms. The van der Waals surface area contributed by atoms with E-state index in [0.717, 1.165) is 12.8 Å². The Morgan fingerprint density at radius 2 is 1.10 bits per heavy atom. The smallest absolute Gasteiger partial charge is 0.252 e. The summed E-state index contributed by atoms with van der Waals surface area (Å²) >= 11 is 0. The van der Waals surface area contributed by atoms with E-state index in [1.54, 1.807) is 5.56 Å². The zero-order valence-corrected chi connectivity index (χ0v) is 39.2. The molecular weight excluding hydrogens is 761 g/mol. The van der Waals surface area contributed by atoms with Gasteiger partial charge >= 0.3 is 0 Å². The highest BCUT2D eigenvalue weighted by Crippen LogP contribution is 2.66. The van der Waals surface area contributed by atoms with Gasteiger partial charge in [-0.3, -0.25) is 0 Å². The summed E-state index contributed by atoms with van der Waals surface area (Å²) in [7, 11) is 0. The van der Waals surface area contributed by atoms with Gasteiger partial charge in [0, 0.05) is 50.6 Å². The van der Waals surface area contributed by atoms with Crippen LogP contribution in [-0.4, -0.2) is 17.8 Å². The van der Waals surface area contributed by atoms with Crippen molar-refractivity contribution in [3.05, 3.63) is 155 Å². The molecule has 318 valence electrons. The van der Waals surface area contributed by atoms with Gasteiger partial charge in [-0.15, -0.1) is 0 Å². The number of benzene rings is 6. The van der Waals surface area contributed by atoms with Crippen LogP contribution in [0, 0.1) is 0 Å². The SMILES string of the molecule is CC(C)(C)c1ccc2c(c1)C1(C)CCCCC1(C)N2c1cc2c3c(c1)N1c4c(cc(C(C)(C)C)cc4C4(c5ccccc5)CCCCC14C)B3c1ccccc1N2c1ccccc1. The second-order valence-corrected chi connectivity index (χ2v) is 23.0. The first-order valence-electron chi connectivity index (χ1n) is 24.2. The lowest BCUT2D eigenvalue weighted by atomic mass is 9.33. The molecule has 6 aromatic carbocycles. The van der Waals surface area contributed by atoms with Crippen LogP contribution in [0.1, 0.15) is 141 Å². The molecule has 4 heteroatoms. The summed E-state index contributed by atoms with van der Waals surface area (Å²) in [5, 5.41) is 0. The highest BCUT2D eigenvalue weighted by molar-refractivity contribution is 7.00. The quantitative estimate of drug-likeness (QED) is 0.164. The molecule has 3 nitrogen and oxygen atoms in total. The van der Waals surface area contributed by atoms with Crippen LogP contribution in [0.2, 0.25) is 0 Å². The predicted octanol–water partition coefficient (Wildman–Crippen LogP) is 13.4. The molecule has 2 fully saturated rings. The third-order valence-electron chi connectivity index (χ3n) is 17.8. The van der Waals surface area contributed by atoms with Crippen molar-refractivity contribution >= 4 is 62.9 Å². The van der Waals surface area contributed by atoms with Gasteiger partial charge in [0.2, 0.25) is 0 Å². The Morgan fingerprint density at radius 1 is 0.476 bits per heavy atom. The zero-order valence-electron chi connectivity index (χ0n) is 39.2. The molecule has 12 rings (SSSR count). The van der Waals surface area contributed by atoms with Crippen LogP contribution in [0.4, 0.5) is 39.8 Å². The average Bonchev–Trinajstić information content (AvgIpc) is 3.64. The molecule has 4 atom stereocenters. The van der Waals surface area contributed by atoms with Gasteiger partial charge in [0.25, 0.3) is 6.71 Å². The molecule has 0 N–H and O–H groups in total. The van der Waals surface area contributed by atoms with E-state index in [2.05, 4.69) is 204 Å². The number of anilines is 7. The standard InChI is InChI=1S/C59H64BN3/c1-54(2,3)40-28-29-48-44(34-40)56(7)30-18-19-31-57(56,8)62(48)43-37-50-52-51(38-43)63-53-45(59(39-22-12-10-13-23-39)33-21-20-32-58(59,63)9)35-41(55(4,5)6)36-47(53)60(52)46-26-16-17-27-49(46)61(50)42-24-14-11-15-25-42/h10-17,22-29,34-38H,18-21,30-33H2,1-9H3. The summed E-state index contributed by atoms with van der Waals surface area (Å²) < 4.78 is 0. The largest absolute Gasteiger partial charge is 0.335 e. The second-order valence-electron chi connectivity index (χ2n) is 23.0. The summed E-state index contributed by atoms with van der Waals surface area (Å²) in [6, 6.07) is 50.5. The molecule has 0 amide bonds. The van der Waals surface area contributed by atoms with Gasteiger partial charge in [-0.1, -0.05) is 165 Å². The van der Waals surface area contributed by atoms with Crippen molar-refractivity contribution < 1.29 is 0 Å². The van der Waals surface area contributed by atoms with Crippen molar-refractivity contribution in [1.82, 2.24) is 0 Å². The lowest BCUT2D eigenvalue weighted by Crippen LogP contribution is -2.65. The van der Waals surface area contributed by atoms with Gasteiger partial charge < -0.3 is 14.7 Å². The van der Waals surface area contributed by atoms with E-state index in [1.807, 2.05) is 0 Å². The van der Waals surface area contributed by atoms with Crippen LogP contribution in [-0.2, 0) is 21.7 Å². The minimum absolute atomic E-state index is 0.0167. The number of hydrogen-bond donors (Lipinski definition) is 0. The van der Waals surface area contributed by atoms with Crippen LogP contribution in [0.25, 0.3) is 0 Å². The molecule has 2 aliphatic carbocycles. The van der Waals surface area contributed by atoms with Gasteiger partial charge in [0.1, 0.15) is 0 Å². The minimum atomic E-state index is -0.181. The summed E-state index contributed by atoms with van der Waals surface area (Å²) in [5.41, 5.74) is 20.9. The molecule has 4 heterocycles. The maximum atomic E-state index is 2.95. The van der Waals surface area contributed by atoms with Gasteiger partial charge in [0.15, 0.2) is 0 Å². The molecule has 2 saturated carbocycles. The van der Waals surface area contributed by atoms with Crippen LogP contribution in [0.3, 0.4) is 0 Å². The van der Waals surface area contributed by atoms with Crippen molar-refractivity contribution in [2.75, 3.05) is 14.7 Å². The molecule has 4 aliphatic heterocycles. The Labute approximate surface area is 377 Å². The zero-order chi connectivity index (χ0) is 43.5. The Bertz CT molecular complexity index is 2850. The molecule has 0 radical (unpaired) electrons. The normalized spacial score (nSPS) is 26.4. The fourth-order valence-electron chi connectivity index (χ4n) is 14.3. The Hall–Kier alpha value is -5.22. The second kappa shape index (κ2) is 13.0. The van der Waals surface area contributed by atoms with Gasteiger partial charge in [-0.05, 0) is 131 Å². The topological polar surface area (TPSA) is 9.72 Å². The fraction of sp³-hybridized carbons (Fsp3) is 0.390. The van der Waals surface area contributed by atoms with Crippen molar-refractivity contribution in [1.29, 1.82) is 0 Å². The van der Waals surface area contributed by atoms with E-state index in [0.29, 0.717) is 0 Å². The monoisotopic (exact) mass is 826 g/mol. The number of para-hydroxylation sites is 2. The van der Waals surface area contributed by atoms with E-state index in [-0.39, 0.29) is 39.5 Å². The molecule has 4 unspecified atom stereocenters. The Morgan fingerprint density at radius 3 is 1.83 bits per heavy atom. The number of nitrogens with zero attached hydrogens (tertiary/aromatic N) is 3. The van der Waals surface area contributed by atoms with E-state index >= 15 is 0 Å². The highest BCUT2D eigenvalue weighted by atomic mass is 15.3. The van der Waals surface area contributed by atoms with Crippen molar-refractivity contribution in [2.24, 2.45) is 0 Å². The van der Waals surface area contributed by atoms with Crippen LogP contribution >= 0.6 is 0 Å². The maximum Gasteiger partial charge on any atom is 0.252 e. The number of fused-ring (bicyclic) bond motifs is 10. The molecule has 0 saturated heterocycles. The van der Waals surface area contributed by atoms with Crippen molar-refractivity contribution in [3.63, 3.8) is 0 Å². The first-order chi connectivity index (χ1) is 30.1. The molecule has 63 heavy (non-hydrogen) atoms. The van der Waals surface area contributed by atoms with Crippen LogP contribution < -0.4 is 31.1 Å². The molecule has 0 bridgehead atoms. The first kappa shape index (κ1) is 39.4.